The second-order valence-electron chi connectivity index (χ2n) is 5.73. The Balaban J connectivity index is 1.91. The van der Waals surface area contributed by atoms with E-state index in [4.69, 9.17) is 0 Å². The van der Waals surface area contributed by atoms with Crippen molar-refractivity contribution in [1.29, 1.82) is 0 Å². The number of carbonyl (C=O) groups is 2. The Hall–Kier alpha value is -2.37. The van der Waals surface area contributed by atoms with Crippen LogP contribution in [-0.4, -0.2) is 52.9 Å². The maximum absolute atomic E-state index is 13.7. The van der Waals surface area contributed by atoms with E-state index < -0.39 is 0 Å². The third-order valence-electron chi connectivity index (χ3n) is 4.11. The first-order valence-corrected chi connectivity index (χ1v) is 7.24. The normalized spacial score (nSPS) is 20.0. The van der Waals surface area contributed by atoms with Crippen LogP contribution in [-0.2, 0) is 4.79 Å². The van der Waals surface area contributed by atoms with E-state index in [0.29, 0.717) is 5.69 Å². The summed E-state index contributed by atoms with van der Waals surface area (Å²) in [6.07, 6.45) is 5.35. The number of halogens is 1. The number of amides is 2. The molecule has 0 aromatic carbocycles. The molecule has 22 heavy (non-hydrogen) atoms. The number of nitrogens with zero attached hydrogens (tertiary/aromatic N) is 3. The van der Waals surface area contributed by atoms with E-state index in [1.54, 1.807) is 41.8 Å². The molecule has 5 nitrogen and oxygen atoms in total. The van der Waals surface area contributed by atoms with Gasteiger partial charge in [0.25, 0.3) is 5.91 Å². The highest BCUT2D eigenvalue weighted by atomic mass is 19.1. The fourth-order valence-corrected chi connectivity index (χ4v) is 2.92. The van der Waals surface area contributed by atoms with Crippen molar-refractivity contribution in [3.8, 4) is 0 Å². The van der Waals surface area contributed by atoms with Crippen molar-refractivity contribution in [3.05, 3.63) is 42.0 Å². The van der Waals surface area contributed by atoms with Gasteiger partial charge in [-0.2, -0.15) is 0 Å². The van der Waals surface area contributed by atoms with Gasteiger partial charge in [-0.3, -0.25) is 9.59 Å². The molecule has 2 amide bonds. The van der Waals surface area contributed by atoms with Gasteiger partial charge < -0.3 is 14.4 Å². The third kappa shape index (κ3) is 2.34. The molecule has 1 aromatic rings. The highest BCUT2D eigenvalue weighted by Gasteiger charge is 2.37. The Bertz CT molecular complexity index is 687. The number of hydrogen-bond acceptors (Lipinski definition) is 2. The molecule has 2 heterocycles. The lowest BCUT2D eigenvalue weighted by Crippen LogP contribution is -2.48. The Morgan fingerprint density at radius 3 is 2.91 bits per heavy atom. The summed E-state index contributed by atoms with van der Waals surface area (Å²) in [6, 6.07) is 3.19. The standard InChI is InChI=1S/C16H18FN3O2/c1-18(2)15(21)7-9-20-14-10-11(17)5-6-12(14)19-8-3-4-13(19)16(20)22/h3-6,8,14H,7,9-10H2,1-2H3. The predicted octanol–water partition coefficient (Wildman–Crippen LogP) is 1.89. The number of hydrogen-bond donors (Lipinski definition) is 0. The molecular weight excluding hydrogens is 285 g/mol. The van der Waals surface area contributed by atoms with Gasteiger partial charge in [-0.25, -0.2) is 4.39 Å². The van der Waals surface area contributed by atoms with Gasteiger partial charge in [0, 0.05) is 45.4 Å². The highest BCUT2D eigenvalue weighted by molar-refractivity contribution is 5.97. The molecule has 0 saturated heterocycles. The molecule has 0 saturated carbocycles. The van der Waals surface area contributed by atoms with E-state index in [0.717, 1.165) is 5.70 Å². The fraction of sp³-hybridized carbons (Fsp3) is 0.375. The van der Waals surface area contributed by atoms with Crippen LogP contribution in [0.1, 0.15) is 23.3 Å². The molecule has 1 unspecified atom stereocenters. The van der Waals surface area contributed by atoms with Crippen LogP contribution in [0.4, 0.5) is 4.39 Å². The number of carbonyl (C=O) groups excluding carboxylic acids is 2. The zero-order chi connectivity index (χ0) is 15.9. The second-order valence-corrected chi connectivity index (χ2v) is 5.73. The van der Waals surface area contributed by atoms with Crippen LogP contribution in [0.15, 0.2) is 36.3 Å². The first kappa shape index (κ1) is 14.6. The molecule has 2 aliphatic rings. The zero-order valence-corrected chi connectivity index (χ0v) is 12.6. The summed E-state index contributed by atoms with van der Waals surface area (Å²) in [5.41, 5.74) is 1.42. The van der Waals surface area contributed by atoms with Crippen molar-refractivity contribution < 1.29 is 14.0 Å². The third-order valence-corrected chi connectivity index (χ3v) is 4.11. The van der Waals surface area contributed by atoms with Crippen molar-refractivity contribution in [2.24, 2.45) is 0 Å². The van der Waals surface area contributed by atoms with E-state index in [2.05, 4.69) is 0 Å². The van der Waals surface area contributed by atoms with Crippen molar-refractivity contribution in [2.45, 2.75) is 18.9 Å². The van der Waals surface area contributed by atoms with Crippen LogP contribution in [0.25, 0.3) is 5.70 Å². The van der Waals surface area contributed by atoms with Crippen LogP contribution in [0, 0.1) is 0 Å². The molecular formula is C16H18FN3O2. The van der Waals surface area contributed by atoms with E-state index in [1.807, 2.05) is 6.20 Å². The van der Waals surface area contributed by atoms with Gasteiger partial charge in [0.05, 0.1) is 6.04 Å². The topological polar surface area (TPSA) is 45.6 Å². The van der Waals surface area contributed by atoms with Crippen LogP contribution < -0.4 is 0 Å². The molecule has 1 aromatic heterocycles. The van der Waals surface area contributed by atoms with E-state index >= 15 is 0 Å². The molecule has 6 heteroatoms. The molecule has 0 spiro atoms. The Morgan fingerprint density at radius 2 is 2.18 bits per heavy atom. The predicted molar refractivity (Wildman–Crippen MR) is 80.6 cm³/mol. The Labute approximate surface area is 128 Å². The summed E-state index contributed by atoms with van der Waals surface area (Å²) in [5, 5.41) is 0. The quantitative estimate of drug-likeness (QED) is 0.856. The minimum Gasteiger partial charge on any atom is -0.349 e. The molecule has 116 valence electrons. The molecule has 1 aliphatic carbocycles. The minimum atomic E-state index is -0.354. The molecule has 0 N–H and O–H groups in total. The smallest absolute Gasteiger partial charge is 0.271 e. The Morgan fingerprint density at radius 1 is 1.41 bits per heavy atom. The summed E-state index contributed by atoms with van der Waals surface area (Å²) in [6.45, 7) is 0.288. The summed E-state index contributed by atoms with van der Waals surface area (Å²) in [7, 11) is 3.36. The van der Waals surface area contributed by atoms with Gasteiger partial charge in [-0.1, -0.05) is 0 Å². The molecule has 3 rings (SSSR count). The summed E-state index contributed by atoms with van der Waals surface area (Å²) >= 11 is 0. The van der Waals surface area contributed by atoms with Crippen molar-refractivity contribution in [1.82, 2.24) is 14.4 Å². The lowest BCUT2D eigenvalue weighted by atomic mass is 9.98. The SMILES string of the molecule is CN(C)C(=O)CCN1C(=O)c2cccn2C2=CC=C(F)CC21. The first-order valence-electron chi connectivity index (χ1n) is 7.24. The van der Waals surface area contributed by atoms with Gasteiger partial charge in [0.1, 0.15) is 11.5 Å². The van der Waals surface area contributed by atoms with E-state index in [1.165, 1.54) is 11.0 Å². The Kier molecular flexibility index (Phi) is 3.60. The molecule has 1 atom stereocenters. The molecule has 1 aliphatic heterocycles. The zero-order valence-electron chi connectivity index (χ0n) is 12.6. The minimum absolute atomic E-state index is 0.0499. The van der Waals surface area contributed by atoms with Crippen LogP contribution in [0.3, 0.4) is 0 Å². The molecule has 0 fully saturated rings. The number of aromatic nitrogens is 1. The van der Waals surface area contributed by atoms with E-state index in [-0.39, 0.29) is 43.1 Å². The average molecular weight is 303 g/mol. The largest absolute Gasteiger partial charge is 0.349 e. The highest BCUT2D eigenvalue weighted by Crippen LogP contribution is 2.34. The summed E-state index contributed by atoms with van der Waals surface area (Å²) in [5.74, 6) is -0.458. The maximum atomic E-state index is 13.7. The van der Waals surface area contributed by atoms with E-state index in [9.17, 15) is 14.0 Å². The monoisotopic (exact) mass is 303 g/mol. The average Bonchev–Trinajstić information content (AvgIpc) is 2.96. The maximum Gasteiger partial charge on any atom is 0.271 e. The number of allylic oxidation sites excluding steroid dienone is 2. The molecule has 0 radical (unpaired) electrons. The lowest BCUT2D eigenvalue weighted by Gasteiger charge is -2.39. The molecule has 0 bridgehead atoms. The van der Waals surface area contributed by atoms with Gasteiger partial charge in [-0.05, 0) is 24.3 Å². The second kappa shape index (κ2) is 5.44. The first-order chi connectivity index (χ1) is 10.5. The van der Waals surface area contributed by atoms with Crippen molar-refractivity contribution in [3.63, 3.8) is 0 Å². The summed E-state index contributed by atoms with van der Waals surface area (Å²) < 4.78 is 15.5. The summed E-state index contributed by atoms with van der Waals surface area (Å²) in [4.78, 5) is 27.5. The van der Waals surface area contributed by atoms with Crippen LogP contribution >= 0.6 is 0 Å². The van der Waals surface area contributed by atoms with Crippen LogP contribution in [0.5, 0.6) is 0 Å². The number of rotatable bonds is 3. The van der Waals surface area contributed by atoms with Gasteiger partial charge in [0.2, 0.25) is 5.91 Å². The lowest BCUT2D eigenvalue weighted by molar-refractivity contribution is -0.128. The van der Waals surface area contributed by atoms with Crippen molar-refractivity contribution in [2.75, 3.05) is 20.6 Å². The van der Waals surface area contributed by atoms with Gasteiger partial charge in [0.15, 0.2) is 0 Å². The number of fused-ring (bicyclic) bond motifs is 3. The van der Waals surface area contributed by atoms with Gasteiger partial charge >= 0.3 is 0 Å². The van der Waals surface area contributed by atoms with Gasteiger partial charge in [-0.15, -0.1) is 0 Å². The van der Waals surface area contributed by atoms with Crippen LogP contribution in [0.2, 0.25) is 0 Å². The fourth-order valence-electron chi connectivity index (χ4n) is 2.92. The van der Waals surface area contributed by atoms with Crippen molar-refractivity contribution >= 4 is 17.5 Å².